The molecule has 0 spiro atoms. The maximum Gasteiger partial charge on any atom is 0.319 e. The van der Waals surface area contributed by atoms with E-state index in [2.05, 4.69) is 16.0 Å². The van der Waals surface area contributed by atoms with E-state index in [1.165, 1.54) is 11.3 Å². The average Bonchev–Trinajstić information content (AvgIpc) is 3.46. The first-order valence-corrected chi connectivity index (χ1v) is 10.2. The van der Waals surface area contributed by atoms with Crippen LogP contribution in [0.3, 0.4) is 0 Å². The highest BCUT2D eigenvalue weighted by Gasteiger charge is 2.14. The van der Waals surface area contributed by atoms with Crippen LogP contribution in [0.5, 0.6) is 0 Å². The fraction of sp³-hybridized carbons (Fsp3) is 0.0435. The molecule has 2 aromatic carbocycles. The zero-order chi connectivity index (χ0) is 20.8. The summed E-state index contributed by atoms with van der Waals surface area (Å²) >= 11 is 1.40. The van der Waals surface area contributed by atoms with Crippen LogP contribution in [-0.4, -0.2) is 11.9 Å². The molecule has 0 aliphatic rings. The topological polar surface area (TPSA) is 83.4 Å². The highest BCUT2D eigenvalue weighted by molar-refractivity contribution is 7.12. The Hall–Kier alpha value is -3.84. The number of thiophene rings is 1. The molecule has 0 bridgehead atoms. The molecule has 0 unspecified atom stereocenters. The number of carbonyl (C=O) groups is 2. The zero-order valence-corrected chi connectivity index (χ0v) is 16.7. The molecule has 4 rings (SSSR count). The van der Waals surface area contributed by atoms with Gasteiger partial charge in [-0.1, -0.05) is 30.3 Å². The van der Waals surface area contributed by atoms with Crippen LogP contribution >= 0.6 is 11.3 Å². The Kier molecular flexibility index (Phi) is 5.91. The molecule has 0 atom stereocenters. The van der Waals surface area contributed by atoms with E-state index >= 15 is 0 Å². The van der Waals surface area contributed by atoms with Crippen molar-refractivity contribution in [3.63, 3.8) is 0 Å². The van der Waals surface area contributed by atoms with Crippen molar-refractivity contribution in [1.82, 2.24) is 5.32 Å². The quantitative estimate of drug-likeness (QED) is 0.383. The fourth-order valence-corrected chi connectivity index (χ4v) is 3.72. The molecule has 0 saturated heterocycles. The van der Waals surface area contributed by atoms with E-state index in [1.54, 1.807) is 42.7 Å². The Balaban J connectivity index is 1.35. The highest BCUT2D eigenvalue weighted by Crippen LogP contribution is 2.29. The molecule has 2 aromatic heterocycles. The van der Waals surface area contributed by atoms with Gasteiger partial charge >= 0.3 is 6.03 Å². The molecule has 3 amide bonds. The molecule has 6 nitrogen and oxygen atoms in total. The van der Waals surface area contributed by atoms with Crippen LogP contribution in [0.4, 0.5) is 16.2 Å². The van der Waals surface area contributed by atoms with Gasteiger partial charge in [0.25, 0.3) is 5.91 Å². The minimum absolute atomic E-state index is 0.166. The van der Waals surface area contributed by atoms with Crippen molar-refractivity contribution >= 4 is 34.6 Å². The van der Waals surface area contributed by atoms with Crippen LogP contribution in [0.1, 0.15) is 15.4 Å². The molecular weight excluding hydrogens is 398 g/mol. The van der Waals surface area contributed by atoms with Gasteiger partial charge < -0.3 is 20.4 Å². The number of urea groups is 1. The van der Waals surface area contributed by atoms with E-state index in [0.29, 0.717) is 28.6 Å². The first kappa shape index (κ1) is 19.5. The molecular formula is C23H19N3O3S. The van der Waals surface area contributed by atoms with E-state index in [4.69, 9.17) is 4.42 Å². The van der Waals surface area contributed by atoms with Crippen molar-refractivity contribution in [2.75, 3.05) is 10.6 Å². The van der Waals surface area contributed by atoms with E-state index in [1.807, 2.05) is 41.8 Å². The van der Waals surface area contributed by atoms with Gasteiger partial charge in [0.05, 0.1) is 17.7 Å². The monoisotopic (exact) mass is 417 g/mol. The van der Waals surface area contributed by atoms with Gasteiger partial charge in [-0.05, 0) is 53.4 Å². The molecule has 150 valence electrons. The predicted molar refractivity (Wildman–Crippen MR) is 119 cm³/mol. The molecule has 4 aromatic rings. The summed E-state index contributed by atoms with van der Waals surface area (Å²) in [4.78, 5) is 25.4. The number of furan rings is 1. The lowest BCUT2D eigenvalue weighted by Crippen LogP contribution is -2.27. The minimum Gasteiger partial charge on any atom is -0.467 e. The number of amides is 3. The molecule has 0 radical (unpaired) electrons. The van der Waals surface area contributed by atoms with Crippen LogP contribution < -0.4 is 16.0 Å². The van der Waals surface area contributed by atoms with Crippen molar-refractivity contribution in [2.24, 2.45) is 0 Å². The summed E-state index contributed by atoms with van der Waals surface area (Å²) in [6.07, 6.45) is 1.56. The molecule has 0 aliphatic carbocycles. The summed E-state index contributed by atoms with van der Waals surface area (Å²) in [5.74, 6) is 0.507. The fourth-order valence-electron chi connectivity index (χ4n) is 2.91. The van der Waals surface area contributed by atoms with Gasteiger partial charge in [0.1, 0.15) is 5.76 Å². The maximum absolute atomic E-state index is 12.7. The van der Waals surface area contributed by atoms with Gasteiger partial charge in [0.2, 0.25) is 0 Å². The Morgan fingerprint density at radius 3 is 2.27 bits per heavy atom. The Morgan fingerprint density at radius 2 is 1.57 bits per heavy atom. The average molecular weight is 417 g/mol. The number of hydrogen-bond donors (Lipinski definition) is 3. The Morgan fingerprint density at radius 1 is 0.833 bits per heavy atom. The van der Waals surface area contributed by atoms with Crippen LogP contribution in [-0.2, 0) is 6.54 Å². The summed E-state index contributed by atoms with van der Waals surface area (Å²) in [7, 11) is 0. The van der Waals surface area contributed by atoms with E-state index in [-0.39, 0.29) is 11.9 Å². The van der Waals surface area contributed by atoms with Gasteiger partial charge in [0, 0.05) is 16.9 Å². The molecule has 30 heavy (non-hydrogen) atoms. The number of benzene rings is 2. The summed E-state index contributed by atoms with van der Waals surface area (Å²) in [6.45, 7) is 0.303. The lowest BCUT2D eigenvalue weighted by atomic mass is 10.1. The SMILES string of the molecule is O=C(NCc1ccco1)Nc1ccc(NC(=O)c2sccc2-c2ccccc2)cc1. The third-order valence-electron chi connectivity index (χ3n) is 4.36. The summed E-state index contributed by atoms with van der Waals surface area (Å²) < 4.78 is 5.17. The second kappa shape index (κ2) is 9.11. The smallest absolute Gasteiger partial charge is 0.319 e. The van der Waals surface area contributed by atoms with E-state index in [0.717, 1.165) is 11.1 Å². The van der Waals surface area contributed by atoms with Gasteiger partial charge in [-0.3, -0.25) is 4.79 Å². The van der Waals surface area contributed by atoms with Crippen molar-refractivity contribution in [3.8, 4) is 11.1 Å². The number of anilines is 2. The van der Waals surface area contributed by atoms with Crippen molar-refractivity contribution in [3.05, 3.63) is 95.1 Å². The van der Waals surface area contributed by atoms with Crippen LogP contribution in [0.15, 0.2) is 88.9 Å². The van der Waals surface area contributed by atoms with Gasteiger partial charge in [-0.15, -0.1) is 11.3 Å². The van der Waals surface area contributed by atoms with Crippen LogP contribution in [0, 0.1) is 0 Å². The van der Waals surface area contributed by atoms with Crippen LogP contribution in [0.25, 0.3) is 11.1 Å². The molecule has 2 heterocycles. The third-order valence-corrected chi connectivity index (χ3v) is 5.27. The predicted octanol–water partition coefficient (Wildman–Crippen LogP) is 5.58. The summed E-state index contributed by atoms with van der Waals surface area (Å²) in [5, 5.41) is 10.3. The third kappa shape index (κ3) is 4.76. The second-order valence-electron chi connectivity index (χ2n) is 6.45. The molecule has 7 heteroatoms. The summed E-state index contributed by atoms with van der Waals surface area (Å²) in [6, 6.07) is 21.9. The first-order valence-electron chi connectivity index (χ1n) is 9.30. The second-order valence-corrected chi connectivity index (χ2v) is 7.36. The van der Waals surface area contributed by atoms with Gasteiger partial charge in [-0.2, -0.15) is 0 Å². The highest BCUT2D eigenvalue weighted by atomic mass is 32.1. The number of hydrogen-bond acceptors (Lipinski definition) is 4. The maximum atomic E-state index is 12.7. The van der Waals surface area contributed by atoms with E-state index < -0.39 is 0 Å². The lowest BCUT2D eigenvalue weighted by molar-refractivity contribution is 0.103. The largest absolute Gasteiger partial charge is 0.467 e. The van der Waals surface area contributed by atoms with Gasteiger partial charge in [0.15, 0.2) is 0 Å². The molecule has 3 N–H and O–H groups in total. The molecule has 0 aliphatic heterocycles. The Labute approximate surface area is 177 Å². The lowest BCUT2D eigenvalue weighted by Gasteiger charge is -2.09. The van der Waals surface area contributed by atoms with Crippen molar-refractivity contribution in [1.29, 1.82) is 0 Å². The zero-order valence-electron chi connectivity index (χ0n) is 15.9. The standard InChI is InChI=1S/C23H19N3O3S/c27-22(21-20(12-14-30-21)16-5-2-1-3-6-16)25-17-8-10-18(11-9-17)26-23(28)24-15-19-7-4-13-29-19/h1-14H,15H2,(H,25,27)(H2,24,26,28). The number of rotatable bonds is 6. The Bertz CT molecular complexity index is 1120. The number of carbonyl (C=O) groups excluding carboxylic acids is 2. The van der Waals surface area contributed by atoms with Crippen molar-refractivity contribution < 1.29 is 14.0 Å². The molecule has 0 saturated carbocycles. The minimum atomic E-state index is -0.339. The normalized spacial score (nSPS) is 10.4. The van der Waals surface area contributed by atoms with Crippen molar-refractivity contribution in [2.45, 2.75) is 6.54 Å². The number of nitrogens with one attached hydrogen (secondary N) is 3. The molecule has 0 fully saturated rings. The van der Waals surface area contributed by atoms with E-state index in [9.17, 15) is 9.59 Å². The van der Waals surface area contributed by atoms with Gasteiger partial charge in [-0.25, -0.2) is 4.79 Å². The van der Waals surface area contributed by atoms with Crippen LogP contribution in [0.2, 0.25) is 0 Å². The summed E-state index contributed by atoms with van der Waals surface area (Å²) in [5.41, 5.74) is 3.17. The first-order chi connectivity index (χ1) is 14.7.